The zero-order valence-corrected chi connectivity index (χ0v) is 13.4. The van der Waals surface area contributed by atoms with Crippen molar-refractivity contribution >= 4 is 22.5 Å². The molecule has 4 rings (SSSR count). The Morgan fingerprint density at radius 1 is 1.25 bits per heavy atom. The van der Waals surface area contributed by atoms with Gasteiger partial charge in [0.25, 0.3) is 5.91 Å². The Bertz CT molecular complexity index is 1000. The van der Waals surface area contributed by atoms with Crippen molar-refractivity contribution in [1.82, 2.24) is 19.5 Å². The van der Waals surface area contributed by atoms with Crippen LogP contribution in [0.3, 0.4) is 0 Å². The van der Waals surface area contributed by atoms with Crippen LogP contribution in [0.25, 0.3) is 16.6 Å². The van der Waals surface area contributed by atoms with Crippen molar-refractivity contribution in [3.63, 3.8) is 0 Å². The Hall–Kier alpha value is -3.15. The number of carbonyl (C=O) groups is 1. The average molecular weight is 320 g/mol. The monoisotopic (exact) mass is 320 g/mol. The van der Waals surface area contributed by atoms with Crippen LogP contribution in [-0.2, 0) is 0 Å². The Morgan fingerprint density at radius 3 is 2.92 bits per heavy atom. The number of para-hydroxylation sites is 1. The number of hydrogen-bond acceptors (Lipinski definition) is 4. The second kappa shape index (κ2) is 5.49. The van der Waals surface area contributed by atoms with Gasteiger partial charge in [0, 0.05) is 18.6 Å². The summed E-state index contributed by atoms with van der Waals surface area (Å²) in [6.07, 6.45) is 3.31. The zero-order valence-electron chi connectivity index (χ0n) is 13.4. The van der Waals surface area contributed by atoms with Crippen LogP contribution >= 0.6 is 0 Å². The maximum absolute atomic E-state index is 12.8. The molecule has 0 aliphatic rings. The summed E-state index contributed by atoms with van der Waals surface area (Å²) in [5, 5.41) is 8.80. The topological polar surface area (TPSA) is 63.6 Å². The predicted octanol–water partition coefficient (Wildman–Crippen LogP) is 3.31. The van der Waals surface area contributed by atoms with Gasteiger partial charge in [0.2, 0.25) is 0 Å². The molecule has 6 heteroatoms. The average Bonchev–Trinajstić information content (AvgIpc) is 3.25. The van der Waals surface area contributed by atoms with Crippen LogP contribution < -0.4 is 0 Å². The molecule has 24 heavy (non-hydrogen) atoms. The third kappa shape index (κ3) is 2.32. The molecule has 1 unspecified atom stereocenters. The van der Waals surface area contributed by atoms with Crippen LogP contribution in [0.2, 0.25) is 0 Å². The number of fused-ring (bicyclic) bond motifs is 2. The fourth-order valence-electron chi connectivity index (χ4n) is 2.73. The summed E-state index contributed by atoms with van der Waals surface area (Å²) in [6, 6.07) is 13.2. The fraction of sp³-hybridized carbons (Fsp3) is 0.167. The highest BCUT2D eigenvalue weighted by Crippen LogP contribution is 2.27. The molecule has 1 amide bonds. The molecule has 120 valence electrons. The maximum atomic E-state index is 12.8. The molecule has 0 saturated heterocycles. The van der Waals surface area contributed by atoms with Crippen molar-refractivity contribution in [3.8, 4) is 0 Å². The minimum atomic E-state index is -0.179. The van der Waals surface area contributed by atoms with Gasteiger partial charge in [-0.15, -0.1) is 10.2 Å². The fourth-order valence-corrected chi connectivity index (χ4v) is 2.73. The molecule has 0 aliphatic carbocycles. The number of benzene rings is 1. The Morgan fingerprint density at radius 2 is 2.08 bits per heavy atom. The molecule has 0 N–H and O–H groups in total. The van der Waals surface area contributed by atoms with E-state index < -0.39 is 0 Å². The normalized spacial score (nSPS) is 12.6. The molecule has 6 nitrogen and oxygen atoms in total. The van der Waals surface area contributed by atoms with Gasteiger partial charge in [-0.1, -0.05) is 18.2 Å². The molecule has 1 aromatic carbocycles. The van der Waals surface area contributed by atoms with Gasteiger partial charge in [0.05, 0.1) is 11.6 Å². The lowest BCUT2D eigenvalue weighted by Crippen LogP contribution is -2.29. The molecule has 1 atom stereocenters. The van der Waals surface area contributed by atoms with Crippen molar-refractivity contribution in [2.75, 3.05) is 7.05 Å². The lowest BCUT2D eigenvalue weighted by Gasteiger charge is -2.23. The largest absolute Gasteiger partial charge is 0.459 e. The smallest absolute Gasteiger partial charge is 0.255 e. The number of hydrogen-bond donors (Lipinski definition) is 0. The summed E-state index contributed by atoms with van der Waals surface area (Å²) < 4.78 is 7.60. The van der Waals surface area contributed by atoms with Crippen LogP contribution in [0, 0.1) is 0 Å². The van der Waals surface area contributed by atoms with E-state index in [1.54, 1.807) is 41.0 Å². The van der Waals surface area contributed by atoms with E-state index in [1.807, 2.05) is 37.3 Å². The number of aromatic nitrogens is 3. The van der Waals surface area contributed by atoms with Gasteiger partial charge in [0.15, 0.2) is 5.65 Å². The van der Waals surface area contributed by atoms with Crippen molar-refractivity contribution in [2.24, 2.45) is 0 Å². The van der Waals surface area contributed by atoms with Crippen LogP contribution in [0.5, 0.6) is 0 Å². The summed E-state index contributed by atoms with van der Waals surface area (Å²) in [4.78, 5) is 14.4. The molecule has 0 fully saturated rings. The third-order valence-electron chi connectivity index (χ3n) is 4.30. The Balaban J connectivity index is 1.63. The molecule has 0 bridgehead atoms. The van der Waals surface area contributed by atoms with Crippen LogP contribution in [0.1, 0.15) is 29.1 Å². The number of carbonyl (C=O) groups excluding carboxylic acids is 1. The molecule has 4 aromatic rings. The van der Waals surface area contributed by atoms with Crippen molar-refractivity contribution < 1.29 is 9.21 Å². The van der Waals surface area contributed by atoms with E-state index in [0.29, 0.717) is 11.2 Å². The van der Waals surface area contributed by atoms with E-state index >= 15 is 0 Å². The van der Waals surface area contributed by atoms with E-state index in [4.69, 9.17) is 4.42 Å². The first kappa shape index (κ1) is 14.4. The van der Waals surface area contributed by atoms with Gasteiger partial charge in [-0.3, -0.25) is 9.20 Å². The zero-order chi connectivity index (χ0) is 16.7. The first-order valence-electron chi connectivity index (χ1n) is 7.68. The van der Waals surface area contributed by atoms with Gasteiger partial charge in [-0.25, -0.2) is 0 Å². The summed E-state index contributed by atoms with van der Waals surface area (Å²) in [7, 11) is 1.77. The van der Waals surface area contributed by atoms with Crippen molar-refractivity contribution in [3.05, 3.63) is 66.3 Å². The lowest BCUT2D eigenvalue weighted by molar-refractivity contribution is 0.0727. The lowest BCUT2D eigenvalue weighted by atomic mass is 10.1. The molecule has 3 heterocycles. The van der Waals surface area contributed by atoms with Gasteiger partial charge in [-0.2, -0.15) is 0 Å². The van der Waals surface area contributed by atoms with E-state index in [0.717, 1.165) is 16.7 Å². The molecular weight excluding hydrogens is 304 g/mol. The number of pyridine rings is 1. The SMILES string of the molecule is CC(c1cc2ccccc2o1)N(C)C(=O)c1ccc2nncn2c1. The number of furan rings is 1. The highest BCUT2D eigenvalue weighted by atomic mass is 16.3. The molecular formula is C18H16N4O2. The third-order valence-corrected chi connectivity index (χ3v) is 4.30. The quantitative estimate of drug-likeness (QED) is 0.581. The standard InChI is InChI=1S/C18H16N4O2/c1-12(16-9-13-5-3-4-6-15(13)24-16)21(2)18(23)14-7-8-17-20-19-11-22(17)10-14/h3-12H,1-2H3. The Labute approximate surface area is 138 Å². The second-order valence-corrected chi connectivity index (χ2v) is 5.79. The molecule has 0 spiro atoms. The van der Waals surface area contributed by atoms with Crippen LogP contribution in [0.15, 0.2) is 59.4 Å². The number of amides is 1. The summed E-state index contributed by atoms with van der Waals surface area (Å²) in [5.41, 5.74) is 2.11. The number of rotatable bonds is 3. The molecule has 0 saturated carbocycles. The van der Waals surface area contributed by atoms with Crippen LogP contribution in [-0.4, -0.2) is 32.5 Å². The van der Waals surface area contributed by atoms with Gasteiger partial charge in [0.1, 0.15) is 17.7 Å². The van der Waals surface area contributed by atoms with Gasteiger partial charge in [-0.05, 0) is 31.2 Å². The van der Waals surface area contributed by atoms with Gasteiger partial charge < -0.3 is 9.32 Å². The number of nitrogens with zero attached hydrogens (tertiary/aromatic N) is 4. The minimum Gasteiger partial charge on any atom is -0.459 e. The Kier molecular flexibility index (Phi) is 3.30. The van der Waals surface area contributed by atoms with E-state index in [2.05, 4.69) is 10.2 Å². The summed E-state index contributed by atoms with van der Waals surface area (Å²) >= 11 is 0. The maximum Gasteiger partial charge on any atom is 0.255 e. The van der Waals surface area contributed by atoms with E-state index in [1.165, 1.54) is 0 Å². The predicted molar refractivity (Wildman–Crippen MR) is 89.7 cm³/mol. The highest BCUT2D eigenvalue weighted by Gasteiger charge is 2.22. The molecule has 3 aromatic heterocycles. The van der Waals surface area contributed by atoms with Gasteiger partial charge >= 0.3 is 0 Å². The van der Waals surface area contributed by atoms with E-state index in [-0.39, 0.29) is 11.9 Å². The first-order valence-corrected chi connectivity index (χ1v) is 7.68. The minimum absolute atomic E-state index is 0.0847. The summed E-state index contributed by atoms with van der Waals surface area (Å²) in [5.74, 6) is 0.677. The van der Waals surface area contributed by atoms with E-state index in [9.17, 15) is 4.79 Å². The van der Waals surface area contributed by atoms with Crippen molar-refractivity contribution in [2.45, 2.75) is 13.0 Å². The van der Waals surface area contributed by atoms with Crippen molar-refractivity contribution in [1.29, 1.82) is 0 Å². The second-order valence-electron chi connectivity index (χ2n) is 5.79. The highest BCUT2D eigenvalue weighted by molar-refractivity contribution is 5.94. The first-order chi connectivity index (χ1) is 11.6. The summed E-state index contributed by atoms with van der Waals surface area (Å²) in [6.45, 7) is 1.95. The van der Waals surface area contributed by atoms with Crippen LogP contribution in [0.4, 0.5) is 0 Å². The molecule has 0 radical (unpaired) electrons. The molecule has 0 aliphatic heterocycles.